The van der Waals surface area contributed by atoms with E-state index in [0.717, 1.165) is 6.54 Å². The third-order valence-corrected chi connectivity index (χ3v) is 4.05. The number of aliphatic hydroxyl groups excluding tert-OH is 1. The van der Waals surface area contributed by atoms with E-state index >= 15 is 0 Å². The number of methoxy groups -OCH3 is 1. The Morgan fingerprint density at radius 3 is 2.32 bits per heavy atom. The van der Waals surface area contributed by atoms with Gasteiger partial charge in [-0.2, -0.15) is 0 Å². The largest absolute Gasteiger partial charge is 0.389 e. The highest BCUT2D eigenvalue weighted by Crippen LogP contribution is 2.41. The summed E-state index contributed by atoms with van der Waals surface area (Å²) in [7, 11) is 3.59. The first kappa shape index (κ1) is 16.9. The van der Waals surface area contributed by atoms with Crippen LogP contribution in [-0.4, -0.2) is 67.2 Å². The fourth-order valence-electron chi connectivity index (χ4n) is 3.09. The van der Waals surface area contributed by atoms with E-state index < -0.39 is 6.10 Å². The fourth-order valence-corrected chi connectivity index (χ4v) is 3.09. The maximum atomic E-state index is 9.76. The van der Waals surface area contributed by atoms with Crippen LogP contribution in [0.25, 0.3) is 0 Å². The summed E-state index contributed by atoms with van der Waals surface area (Å²) in [4.78, 5) is 2.10. The lowest BCUT2D eigenvalue weighted by atomic mass is 9.83. The molecule has 0 spiro atoms. The number of hydrogen-bond acceptors (Lipinski definition) is 5. The third-order valence-electron chi connectivity index (χ3n) is 4.05. The summed E-state index contributed by atoms with van der Waals surface area (Å²) >= 11 is 0. The van der Waals surface area contributed by atoms with Crippen molar-refractivity contribution >= 4 is 0 Å². The van der Waals surface area contributed by atoms with E-state index in [1.807, 2.05) is 20.9 Å². The Kier molecular flexibility index (Phi) is 5.37. The van der Waals surface area contributed by atoms with E-state index in [-0.39, 0.29) is 23.2 Å². The second-order valence-electron chi connectivity index (χ2n) is 6.77. The van der Waals surface area contributed by atoms with Gasteiger partial charge in [0, 0.05) is 32.2 Å². The van der Waals surface area contributed by atoms with Crippen molar-refractivity contribution in [2.75, 3.05) is 33.9 Å². The molecule has 0 amide bonds. The van der Waals surface area contributed by atoms with E-state index in [9.17, 15) is 5.11 Å². The van der Waals surface area contributed by atoms with Crippen LogP contribution in [0, 0.1) is 5.92 Å². The molecule has 5 nitrogen and oxygen atoms in total. The molecule has 114 valence electrons. The highest BCUT2D eigenvalue weighted by atomic mass is 16.5. The molecule has 0 bridgehead atoms. The van der Waals surface area contributed by atoms with Crippen molar-refractivity contribution in [3.05, 3.63) is 0 Å². The minimum Gasteiger partial charge on any atom is -0.389 e. The van der Waals surface area contributed by atoms with Crippen LogP contribution in [-0.2, 0) is 9.47 Å². The molecule has 3 atom stereocenters. The molecule has 0 saturated carbocycles. The zero-order valence-electron chi connectivity index (χ0n) is 13.1. The van der Waals surface area contributed by atoms with Gasteiger partial charge in [-0.3, -0.25) is 0 Å². The van der Waals surface area contributed by atoms with Crippen molar-refractivity contribution in [1.82, 2.24) is 4.90 Å². The van der Waals surface area contributed by atoms with Crippen LogP contribution in [0.15, 0.2) is 0 Å². The molecule has 5 heteroatoms. The average molecular weight is 274 g/mol. The normalized spacial score (nSPS) is 30.8. The van der Waals surface area contributed by atoms with Crippen molar-refractivity contribution < 1.29 is 14.6 Å². The molecule has 0 radical (unpaired) electrons. The van der Waals surface area contributed by atoms with Gasteiger partial charge in [-0.15, -0.1) is 0 Å². The number of nitrogens with two attached hydrogens (primary N) is 1. The van der Waals surface area contributed by atoms with Crippen LogP contribution in [0.2, 0.25) is 0 Å². The van der Waals surface area contributed by atoms with Gasteiger partial charge in [-0.05, 0) is 34.7 Å². The number of aliphatic hydroxyl groups is 1. The van der Waals surface area contributed by atoms with E-state index in [1.165, 1.54) is 0 Å². The second-order valence-corrected chi connectivity index (χ2v) is 6.77. The van der Waals surface area contributed by atoms with Crippen molar-refractivity contribution in [3.63, 3.8) is 0 Å². The molecule has 0 aromatic rings. The summed E-state index contributed by atoms with van der Waals surface area (Å²) in [5, 5.41) is 9.76. The van der Waals surface area contributed by atoms with Crippen molar-refractivity contribution in [3.8, 4) is 0 Å². The Bertz CT molecular complexity index is 294. The first-order valence-corrected chi connectivity index (χ1v) is 6.91. The van der Waals surface area contributed by atoms with Gasteiger partial charge in [-0.1, -0.05) is 0 Å². The van der Waals surface area contributed by atoms with Gasteiger partial charge in [-0.25, -0.2) is 0 Å². The van der Waals surface area contributed by atoms with Crippen LogP contribution < -0.4 is 5.73 Å². The molecule has 3 N–H and O–H groups in total. The lowest BCUT2D eigenvalue weighted by Crippen LogP contribution is -2.48. The maximum Gasteiger partial charge on any atom is 0.0899 e. The minimum atomic E-state index is -0.468. The Hall–Kier alpha value is -0.200. The quantitative estimate of drug-likeness (QED) is 0.736. The summed E-state index contributed by atoms with van der Waals surface area (Å²) in [6.07, 6.45) is -0.468. The fraction of sp³-hybridized carbons (Fsp3) is 1.00. The molecule has 19 heavy (non-hydrogen) atoms. The van der Waals surface area contributed by atoms with E-state index in [2.05, 4.69) is 18.7 Å². The molecule has 1 aliphatic heterocycles. The molecule has 0 aromatic carbocycles. The summed E-state index contributed by atoms with van der Waals surface area (Å²) in [5.41, 5.74) is 5.78. The highest BCUT2D eigenvalue weighted by Gasteiger charge is 2.52. The Morgan fingerprint density at radius 1 is 1.32 bits per heavy atom. The van der Waals surface area contributed by atoms with Crippen molar-refractivity contribution in [1.29, 1.82) is 0 Å². The van der Waals surface area contributed by atoms with Gasteiger partial charge in [0.05, 0.1) is 23.9 Å². The molecule has 0 aromatic heterocycles. The van der Waals surface area contributed by atoms with Gasteiger partial charge < -0.3 is 25.2 Å². The second kappa shape index (κ2) is 6.06. The van der Waals surface area contributed by atoms with E-state index in [1.54, 1.807) is 7.11 Å². The lowest BCUT2D eigenvalue weighted by Gasteiger charge is -2.32. The monoisotopic (exact) mass is 274 g/mol. The van der Waals surface area contributed by atoms with E-state index in [4.69, 9.17) is 15.2 Å². The molecule has 0 aliphatic carbocycles. The van der Waals surface area contributed by atoms with Gasteiger partial charge in [0.2, 0.25) is 0 Å². The molecular formula is C14H30N2O3. The zero-order valence-corrected chi connectivity index (χ0v) is 13.1. The predicted molar refractivity (Wildman–Crippen MR) is 76.1 cm³/mol. The van der Waals surface area contributed by atoms with Gasteiger partial charge >= 0.3 is 0 Å². The first-order chi connectivity index (χ1) is 8.60. The molecule has 1 heterocycles. The summed E-state index contributed by atoms with van der Waals surface area (Å²) in [5.74, 6) is 0.238. The van der Waals surface area contributed by atoms with Crippen LogP contribution in [0.5, 0.6) is 0 Å². The minimum absolute atomic E-state index is 0.00971. The topological polar surface area (TPSA) is 68.0 Å². The first-order valence-electron chi connectivity index (χ1n) is 6.91. The molecule has 1 rings (SSSR count). The number of nitrogens with zero attached hydrogens (tertiary/aromatic N) is 1. The van der Waals surface area contributed by atoms with Crippen LogP contribution >= 0.6 is 0 Å². The number of ether oxygens (including phenoxy) is 2. The summed E-state index contributed by atoms with van der Waals surface area (Å²) in [6.45, 7) is 9.99. The van der Waals surface area contributed by atoms with Gasteiger partial charge in [0.25, 0.3) is 0 Å². The predicted octanol–water partition coefficient (Wildman–Crippen LogP) is 0.456. The zero-order chi connectivity index (χ0) is 14.8. The molecule has 1 fully saturated rings. The number of rotatable bonds is 6. The summed E-state index contributed by atoms with van der Waals surface area (Å²) < 4.78 is 11.0. The number of likely N-dealkylation sites (N-methyl/N-ethyl adjacent to an activating group) is 1. The Labute approximate surface area is 117 Å². The molecule has 3 unspecified atom stereocenters. The Morgan fingerprint density at radius 2 is 1.89 bits per heavy atom. The molecule has 1 aliphatic rings. The van der Waals surface area contributed by atoms with Gasteiger partial charge in [0.1, 0.15) is 0 Å². The van der Waals surface area contributed by atoms with Crippen molar-refractivity contribution in [2.45, 2.75) is 51.0 Å². The van der Waals surface area contributed by atoms with Crippen LogP contribution in [0.3, 0.4) is 0 Å². The SMILES string of the molecule is COCC(O)CN(C)CC1C(N)C(C)(C)OC1(C)C. The van der Waals surface area contributed by atoms with Crippen molar-refractivity contribution in [2.24, 2.45) is 11.7 Å². The third kappa shape index (κ3) is 4.13. The van der Waals surface area contributed by atoms with Crippen LogP contribution in [0.4, 0.5) is 0 Å². The number of hydrogen-bond donors (Lipinski definition) is 2. The smallest absolute Gasteiger partial charge is 0.0899 e. The van der Waals surface area contributed by atoms with Crippen LogP contribution in [0.1, 0.15) is 27.7 Å². The molecule has 1 saturated heterocycles. The lowest BCUT2D eigenvalue weighted by molar-refractivity contribution is -0.0787. The van der Waals surface area contributed by atoms with E-state index in [0.29, 0.717) is 13.2 Å². The summed E-state index contributed by atoms with van der Waals surface area (Å²) in [6, 6.07) is -0.00971. The maximum absolute atomic E-state index is 9.76. The Balaban J connectivity index is 2.60. The van der Waals surface area contributed by atoms with Gasteiger partial charge in [0.15, 0.2) is 0 Å². The highest BCUT2D eigenvalue weighted by molar-refractivity contribution is 5.04. The molecular weight excluding hydrogens is 244 g/mol. The standard InChI is InChI=1S/C14H30N2O3/c1-13(2)11(12(15)14(3,4)19-13)8-16(5)7-10(17)9-18-6/h10-12,17H,7-9,15H2,1-6H3. The average Bonchev–Trinajstić information content (AvgIpc) is 2.37.